The number of nitrogens with one attached hydrogen (secondary N) is 1. The van der Waals surface area contributed by atoms with Crippen LogP contribution >= 0.6 is 0 Å². The molecule has 0 aliphatic rings. The van der Waals surface area contributed by atoms with Gasteiger partial charge in [-0.05, 0) is 45.5 Å². The zero-order valence-electron chi connectivity index (χ0n) is 11.6. The summed E-state index contributed by atoms with van der Waals surface area (Å²) in [5.74, 6) is -0.239. The molecule has 0 saturated heterocycles. The number of rotatable bonds is 6. The van der Waals surface area contributed by atoms with Gasteiger partial charge in [-0.2, -0.15) is 0 Å². The summed E-state index contributed by atoms with van der Waals surface area (Å²) in [4.78, 5) is 1.86. The molecule has 0 spiro atoms. The Bertz CT molecular complexity index is 382. The van der Waals surface area contributed by atoms with Crippen molar-refractivity contribution >= 4 is 5.69 Å². The Morgan fingerprint density at radius 1 is 1.33 bits per heavy atom. The first kappa shape index (κ1) is 14.9. The van der Waals surface area contributed by atoms with Gasteiger partial charge in [-0.1, -0.05) is 6.07 Å². The molecule has 0 aliphatic carbocycles. The summed E-state index contributed by atoms with van der Waals surface area (Å²) in [6.45, 7) is 6.42. The molecule has 0 aliphatic heterocycles. The Balaban J connectivity index is 3.03. The van der Waals surface area contributed by atoms with E-state index in [0.717, 1.165) is 5.56 Å². The summed E-state index contributed by atoms with van der Waals surface area (Å²) < 4.78 is 14.1. The third-order valence-electron chi connectivity index (χ3n) is 3.18. The molecular formula is C14H23FN2O. The van der Waals surface area contributed by atoms with E-state index >= 15 is 0 Å². The second kappa shape index (κ2) is 6.71. The normalized spacial score (nSPS) is 12.8. The summed E-state index contributed by atoms with van der Waals surface area (Å²) in [6, 6.07) is 5.54. The van der Waals surface area contributed by atoms with Crippen molar-refractivity contribution in [2.45, 2.75) is 32.9 Å². The van der Waals surface area contributed by atoms with E-state index in [4.69, 9.17) is 5.11 Å². The predicted molar refractivity (Wildman–Crippen MR) is 73.4 cm³/mol. The highest BCUT2D eigenvalue weighted by Gasteiger charge is 2.15. The van der Waals surface area contributed by atoms with E-state index in [0.29, 0.717) is 12.2 Å². The van der Waals surface area contributed by atoms with Crippen LogP contribution in [0.5, 0.6) is 0 Å². The van der Waals surface area contributed by atoms with Crippen molar-refractivity contribution in [3.05, 3.63) is 29.6 Å². The molecule has 1 rings (SSSR count). The molecule has 18 heavy (non-hydrogen) atoms. The van der Waals surface area contributed by atoms with E-state index < -0.39 is 0 Å². The predicted octanol–water partition coefficient (Wildman–Crippen LogP) is 2.31. The highest BCUT2D eigenvalue weighted by atomic mass is 19.1. The van der Waals surface area contributed by atoms with Crippen molar-refractivity contribution in [1.29, 1.82) is 0 Å². The zero-order chi connectivity index (χ0) is 13.7. The quantitative estimate of drug-likeness (QED) is 0.817. The lowest BCUT2D eigenvalue weighted by Crippen LogP contribution is -2.34. The maximum absolute atomic E-state index is 14.1. The fourth-order valence-electron chi connectivity index (χ4n) is 1.96. The van der Waals surface area contributed by atoms with E-state index in [9.17, 15) is 4.39 Å². The number of nitrogens with zero attached hydrogens (tertiary/aromatic N) is 1. The highest BCUT2D eigenvalue weighted by Crippen LogP contribution is 2.24. The van der Waals surface area contributed by atoms with Gasteiger partial charge in [0.25, 0.3) is 0 Å². The van der Waals surface area contributed by atoms with E-state index in [2.05, 4.69) is 5.32 Å². The largest absolute Gasteiger partial charge is 0.395 e. The van der Waals surface area contributed by atoms with Crippen molar-refractivity contribution in [3.8, 4) is 0 Å². The van der Waals surface area contributed by atoms with Crippen LogP contribution in [0.4, 0.5) is 10.1 Å². The van der Waals surface area contributed by atoms with Crippen LogP contribution in [0.25, 0.3) is 0 Å². The molecule has 1 unspecified atom stereocenters. The van der Waals surface area contributed by atoms with Crippen LogP contribution in [0, 0.1) is 5.82 Å². The van der Waals surface area contributed by atoms with Gasteiger partial charge in [0.15, 0.2) is 0 Å². The second-order valence-corrected chi connectivity index (χ2v) is 4.73. The lowest BCUT2D eigenvalue weighted by Gasteiger charge is -2.29. The third-order valence-corrected chi connectivity index (χ3v) is 3.18. The van der Waals surface area contributed by atoms with Gasteiger partial charge < -0.3 is 15.3 Å². The molecule has 3 nitrogen and oxygen atoms in total. The van der Waals surface area contributed by atoms with Crippen LogP contribution in [0.3, 0.4) is 0 Å². The average Bonchev–Trinajstić information content (AvgIpc) is 2.35. The SMILES string of the molecule is CNC(C)c1ccc(N(CCO)C(C)C)c(F)c1. The van der Waals surface area contributed by atoms with Crippen LogP contribution < -0.4 is 10.2 Å². The third kappa shape index (κ3) is 3.43. The first-order valence-electron chi connectivity index (χ1n) is 6.35. The number of hydrogen-bond donors (Lipinski definition) is 2. The molecule has 0 heterocycles. The Labute approximate surface area is 109 Å². The molecule has 1 atom stereocenters. The maximum atomic E-state index is 14.1. The Kier molecular flexibility index (Phi) is 5.56. The van der Waals surface area contributed by atoms with Gasteiger partial charge in [-0.15, -0.1) is 0 Å². The van der Waals surface area contributed by atoms with Gasteiger partial charge in [-0.3, -0.25) is 0 Å². The maximum Gasteiger partial charge on any atom is 0.146 e. The van der Waals surface area contributed by atoms with Crippen LogP contribution in [0.15, 0.2) is 18.2 Å². The number of anilines is 1. The number of hydrogen-bond acceptors (Lipinski definition) is 3. The minimum Gasteiger partial charge on any atom is -0.395 e. The Morgan fingerprint density at radius 3 is 2.44 bits per heavy atom. The average molecular weight is 254 g/mol. The van der Waals surface area contributed by atoms with Crippen LogP contribution in [-0.4, -0.2) is 31.3 Å². The summed E-state index contributed by atoms with van der Waals surface area (Å²) in [6.07, 6.45) is 0. The van der Waals surface area contributed by atoms with Gasteiger partial charge >= 0.3 is 0 Å². The molecule has 0 fully saturated rings. The lowest BCUT2D eigenvalue weighted by atomic mass is 10.1. The minimum absolute atomic E-state index is 0.0201. The molecule has 0 saturated carbocycles. The Hall–Kier alpha value is -1.13. The van der Waals surface area contributed by atoms with Gasteiger partial charge in [0.05, 0.1) is 12.3 Å². The van der Waals surface area contributed by atoms with Gasteiger partial charge in [0.1, 0.15) is 5.82 Å². The first-order chi connectivity index (χ1) is 8.51. The minimum atomic E-state index is -0.239. The first-order valence-corrected chi connectivity index (χ1v) is 6.35. The fraction of sp³-hybridized carbons (Fsp3) is 0.571. The van der Waals surface area contributed by atoms with Crippen LogP contribution in [0.1, 0.15) is 32.4 Å². The number of aliphatic hydroxyl groups is 1. The van der Waals surface area contributed by atoms with Crippen LogP contribution in [0.2, 0.25) is 0 Å². The molecule has 4 heteroatoms. The molecule has 2 N–H and O–H groups in total. The molecule has 102 valence electrons. The van der Waals surface area contributed by atoms with E-state index in [-0.39, 0.29) is 24.5 Å². The van der Waals surface area contributed by atoms with Gasteiger partial charge in [0, 0.05) is 18.6 Å². The molecule has 1 aromatic carbocycles. The highest BCUT2D eigenvalue weighted by molar-refractivity contribution is 5.50. The molecule has 1 aromatic rings. The summed E-state index contributed by atoms with van der Waals surface area (Å²) in [5.41, 5.74) is 1.47. The molecule has 0 amide bonds. The second-order valence-electron chi connectivity index (χ2n) is 4.73. The van der Waals surface area contributed by atoms with Crippen LogP contribution in [-0.2, 0) is 0 Å². The van der Waals surface area contributed by atoms with Crippen molar-refractivity contribution in [3.63, 3.8) is 0 Å². The van der Waals surface area contributed by atoms with Crippen molar-refractivity contribution in [2.24, 2.45) is 0 Å². The molecule has 0 radical (unpaired) electrons. The summed E-state index contributed by atoms with van der Waals surface area (Å²) >= 11 is 0. The Morgan fingerprint density at radius 2 is 2.00 bits per heavy atom. The number of aliphatic hydroxyl groups excluding tert-OH is 1. The van der Waals surface area contributed by atoms with Crippen molar-refractivity contribution in [2.75, 3.05) is 25.1 Å². The van der Waals surface area contributed by atoms with E-state index in [1.165, 1.54) is 0 Å². The lowest BCUT2D eigenvalue weighted by molar-refractivity contribution is 0.298. The topological polar surface area (TPSA) is 35.5 Å². The molecule has 0 bridgehead atoms. The molecule has 0 aromatic heterocycles. The van der Waals surface area contributed by atoms with Gasteiger partial charge in [-0.25, -0.2) is 4.39 Å². The number of benzene rings is 1. The zero-order valence-corrected chi connectivity index (χ0v) is 11.6. The standard InChI is InChI=1S/C14H23FN2O/c1-10(2)17(7-8-18)14-6-5-12(9-13(14)15)11(3)16-4/h5-6,9-11,16,18H,7-8H2,1-4H3. The van der Waals surface area contributed by atoms with Gasteiger partial charge in [0.2, 0.25) is 0 Å². The number of halogens is 1. The van der Waals surface area contributed by atoms with E-state index in [1.807, 2.05) is 38.8 Å². The summed E-state index contributed by atoms with van der Waals surface area (Å²) in [5, 5.41) is 12.1. The van der Waals surface area contributed by atoms with E-state index in [1.54, 1.807) is 12.1 Å². The fourth-order valence-corrected chi connectivity index (χ4v) is 1.96. The van der Waals surface area contributed by atoms with Crippen molar-refractivity contribution < 1.29 is 9.50 Å². The smallest absolute Gasteiger partial charge is 0.146 e. The monoisotopic (exact) mass is 254 g/mol. The van der Waals surface area contributed by atoms with Crippen molar-refractivity contribution in [1.82, 2.24) is 5.32 Å². The summed E-state index contributed by atoms with van der Waals surface area (Å²) in [7, 11) is 1.85. The molecular weight excluding hydrogens is 231 g/mol.